The van der Waals surface area contributed by atoms with E-state index in [1.165, 1.54) is 30.3 Å². The molecule has 0 unspecified atom stereocenters. The zero-order valence-corrected chi connectivity index (χ0v) is 15.6. The van der Waals surface area contributed by atoms with E-state index >= 15 is 0 Å². The number of fused-ring (bicyclic) bond motifs is 1. The monoisotopic (exact) mass is 387 g/mol. The molecule has 5 nitrogen and oxygen atoms in total. The number of thioether (sulfide) groups is 1. The Hall–Kier alpha value is -2.18. The highest BCUT2D eigenvalue weighted by molar-refractivity contribution is 7.99. The number of carbonyl (C=O) groups is 1. The SMILES string of the molecule is O=C(CSc1nc2cc(Cl)ccc2o1)Nc1ccc(N2CCCC2)cc1. The fraction of sp³-hybridized carbons (Fsp3) is 0.263. The van der Waals surface area contributed by atoms with E-state index in [1.54, 1.807) is 18.2 Å². The molecule has 1 aliphatic heterocycles. The molecule has 3 aromatic rings. The summed E-state index contributed by atoms with van der Waals surface area (Å²) in [5.41, 5.74) is 3.36. The Bertz CT molecular complexity index is 920. The number of nitrogens with zero attached hydrogens (tertiary/aromatic N) is 2. The molecule has 134 valence electrons. The molecule has 0 bridgehead atoms. The maximum absolute atomic E-state index is 12.2. The van der Waals surface area contributed by atoms with Crippen LogP contribution in [0.15, 0.2) is 52.1 Å². The number of carbonyl (C=O) groups excluding carboxylic acids is 1. The zero-order chi connectivity index (χ0) is 17.9. The number of nitrogens with one attached hydrogen (secondary N) is 1. The lowest BCUT2D eigenvalue weighted by molar-refractivity contribution is -0.113. The molecule has 2 aromatic carbocycles. The molecule has 0 radical (unpaired) electrons. The predicted octanol–water partition coefficient (Wildman–Crippen LogP) is 4.81. The van der Waals surface area contributed by atoms with Gasteiger partial charge in [-0.2, -0.15) is 0 Å². The number of aromatic nitrogens is 1. The molecule has 0 atom stereocenters. The Morgan fingerprint density at radius 1 is 1.19 bits per heavy atom. The lowest BCUT2D eigenvalue weighted by Crippen LogP contribution is -2.18. The Morgan fingerprint density at radius 3 is 2.73 bits per heavy atom. The Balaban J connectivity index is 1.33. The summed E-state index contributed by atoms with van der Waals surface area (Å²) in [4.78, 5) is 18.9. The number of rotatable bonds is 5. The molecule has 1 N–H and O–H groups in total. The van der Waals surface area contributed by atoms with Gasteiger partial charge in [-0.05, 0) is 55.3 Å². The molecule has 0 spiro atoms. The highest BCUT2D eigenvalue weighted by atomic mass is 35.5. The normalized spacial score (nSPS) is 14.1. The summed E-state index contributed by atoms with van der Waals surface area (Å²) in [7, 11) is 0. The van der Waals surface area contributed by atoms with Gasteiger partial charge in [0.05, 0.1) is 5.75 Å². The highest BCUT2D eigenvalue weighted by Crippen LogP contribution is 2.26. The number of hydrogen-bond donors (Lipinski definition) is 1. The first-order valence-corrected chi connectivity index (χ1v) is 9.87. The topological polar surface area (TPSA) is 58.4 Å². The van der Waals surface area contributed by atoms with Crippen molar-refractivity contribution in [3.63, 3.8) is 0 Å². The van der Waals surface area contributed by atoms with Crippen molar-refractivity contribution in [1.82, 2.24) is 4.98 Å². The van der Waals surface area contributed by atoms with Crippen molar-refractivity contribution in [3.8, 4) is 0 Å². The van der Waals surface area contributed by atoms with E-state index in [1.807, 2.05) is 12.1 Å². The van der Waals surface area contributed by atoms with E-state index in [2.05, 4.69) is 27.3 Å². The minimum Gasteiger partial charge on any atom is -0.431 e. The smallest absolute Gasteiger partial charge is 0.257 e. The Labute approximate surface area is 160 Å². The highest BCUT2D eigenvalue weighted by Gasteiger charge is 2.13. The van der Waals surface area contributed by atoms with E-state index in [9.17, 15) is 4.79 Å². The van der Waals surface area contributed by atoms with Crippen molar-refractivity contribution in [2.24, 2.45) is 0 Å². The van der Waals surface area contributed by atoms with Crippen LogP contribution in [0.4, 0.5) is 11.4 Å². The molecule has 1 fully saturated rings. The predicted molar refractivity (Wildman–Crippen MR) is 106 cm³/mol. The molecule has 4 rings (SSSR count). The lowest BCUT2D eigenvalue weighted by Gasteiger charge is -2.17. The molecule has 2 heterocycles. The van der Waals surface area contributed by atoms with Crippen molar-refractivity contribution in [3.05, 3.63) is 47.5 Å². The number of amides is 1. The van der Waals surface area contributed by atoms with Crippen LogP contribution in [-0.4, -0.2) is 29.7 Å². The third kappa shape index (κ3) is 3.97. The van der Waals surface area contributed by atoms with E-state index in [0.29, 0.717) is 21.3 Å². The minimum atomic E-state index is -0.0933. The van der Waals surface area contributed by atoms with Crippen LogP contribution < -0.4 is 10.2 Å². The largest absolute Gasteiger partial charge is 0.431 e. The maximum Gasteiger partial charge on any atom is 0.257 e. The van der Waals surface area contributed by atoms with Gasteiger partial charge in [0.15, 0.2) is 5.58 Å². The second-order valence-electron chi connectivity index (χ2n) is 6.17. The van der Waals surface area contributed by atoms with Crippen LogP contribution in [-0.2, 0) is 4.79 Å². The Kier molecular flexibility index (Phi) is 5.04. The fourth-order valence-electron chi connectivity index (χ4n) is 3.00. The Morgan fingerprint density at radius 2 is 1.96 bits per heavy atom. The van der Waals surface area contributed by atoms with Gasteiger partial charge in [-0.25, -0.2) is 4.98 Å². The van der Waals surface area contributed by atoms with Crippen LogP contribution in [0.3, 0.4) is 0 Å². The molecule has 7 heteroatoms. The van der Waals surface area contributed by atoms with Gasteiger partial charge in [-0.3, -0.25) is 4.79 Å². The van der Waals surface area contributed by atoms with E-state index in [4.69, 9.17) is 16.0 Å². The van der Waals surface area contributed by atoms with Gasteiger partial charge in [0.1, 0.15) is 5.52 Å². The van der Waals surface area contributed by atoms with Gasteiger partial charge in [-0.15, -0.1) is 0 Å². The summed E-state index contributed by atoms with van der Waals surface area (Å²) in [5.74, 6) is 0.137. The molecule has 26 heavy (non-hydrogen) atoms. The number of oxazole rings is 1. The zero-order valence-electron chi connectivity index (χ0n) is 14.1. The van der Waals surface area contributed by atoms with Gasteiger partial charge < -0.3 is 14.6 Å². The first-order valence-electron chi connectivity index (χ1n) is 8.51. The number of anilines is 2. The fourth-order valence-corrected chi connectivity index (χ4v) is 3.80. The van der Waals surface area contributed by atoms with Gasteiger partial charge in [0.2, 0.25) is 5.91 Å². The number of benzene rings is 2. The summed E-state index contributed by atoms with van der Waals surface area (Å²) < 4.78 is 5.60. The first kappa shape index (κ1) is 17.2. The summed E-state index contributed by atoms with van der Waals surface area (Å²) in [6.45, 7) is 2.22. The van der Waals surface area contributed by atoms with Crippen molar-refractivity contribution in [2.45, 2.75) is 18.1 Å². The molecular formula is C19H18ClN3O2S. The number of halogens is 1. The molecular weight excluding hydrogens is 370 g/mol. The molecule has 1 aliphatic rings. The third-order valence-electron chi connectivity index (χ3n) is 4.28. The van der Waals surface area contributed by atoms with Crippen LogP contribution in [0.25, 0.3) is 11.1 Å². The van der Waals surface area contributed by atoms with Gasteiger partial charge in [-0.1, -0.05) is 23.4 Å². The molecule has 1 aromatic heterocycles. The van der Waals surface area contributed by atoms with Crippen LogP contribution >= 0.6 is 23.4 Å². The second-order valence-corrected chi connectivity index (χ2v) is 7.53. The molecule has 0 saturated carbocycles. The van der Waals surface area contributed by atoms with E-state index < -0.39 is 0 Å². The molecule has 0 aliphatic carbocycles. The van der Waals surface area contributed by atoms with E-state index in [-0.39, 0.29) is 11.7 Å². The van der Waals surface area contributed by atoms with Crippen molar-refractivity contribution < 1.29 is 9.21 Å². The quantitative estimate of drug-likeness (QED) is 0.636. The van der Waals surface area contributed by atoms with Crippen molar-refractivity contribution in [1.29, 1.82) is 0 Å². The average Bonchev–Trinajstić information content (AvgIpc) is 3.30. The minimum absolute atomic E-state index is 0.0933. The average molecular weight is 388 g/mol. The van der Waals surface area contributed by atoms with E-state index in [0.717, 1.165) is 18.8 Å². The van der Waals surface area contributed by atoms with Gasteiger partial charge >= 0.3 is 0 Å². The standard InChI is InChI=1S/C19H18ClN3O2S/c20-13-3-8-17-16(11-13)22-19(25-17)26-12-18(24)21-14-4-6-15(7-5-14)23-9-1-2-10-23/h3-8,11H,1-2,9-10,12H2,(H,21,24). The summed E-state index contributed by atoms with van der Waals surface area (Å²) >= 11 is 7.20. The van der Waals surface area contributed by atoms with Crippen LogP contribution in [0.2, 0.25) is 5.02 Å². The third-order valence-corrected chi connectivity index (χ3v) is 5.34. The van der Waals surface area contributed by atoms with Crippen LogP contribution in [0, 0.1) is 0 Å². The maximum atomic E-state index is 12.2. The second kappa shape index (κ2) is 7.60. The lowest BCUT2D eigenvalue weighted by atomic mass is 10.2. The van der Waals surface area contributed by atoms with Gasteiger partial charge in [0, 0.05) is 29.5 Å². The molecule has 1 amide bonds. The first-order chi connectivity index (χ1) is 12.7. The summed E-state index contributed by atoms with van der Waals surface area (Å²) in [5, 5.41) is 3.97. The summed E-state index contributed by atoms with van der Waals surface area (Å²) in [6, 6.07) is 13.3. The molecule has 1 saturated heterocycles. The van der Waals surface area contributed by atoms with Crippen molar-refractivity contribution >= 4 is 51.7 Å². The van der Waals surface area contributed by atoms with Crippen molar-refractivity contribution in [2.75, 3.05) is 29.1 Å². The number of hydrogen-bond acceptors (Lipinski definition) is 5. The van der Waals surface area contributed by atoms with Crippen LogP contribution in [0.1, 0.15) is 12.8 Å². The van der Waals surface area contributed by atoms with Gasteiger partial charge in [0.25, 0.3) is 5.22 Å². The summed E-state index contributed by atoms with van der Waals surface area (Å²) in [6.07, 6.45) is 2.50. The van der Waals surface area contributed by atoms with Crippen LogP contribution in [0.5, 0.6) is 0 Å².